The van der Waals surface area contributed by atoms with Gasteiger partial charge in [-0.15, -0.1) is 0 Å². The second-order valence-electron chi connectivity index (χ2n) is 5.99. The highest BCUT2D eigenvalue weighted by Gasteiger charge is 2.31. The normalized spacial score (nSPS) is 17.0. The molecule has 2 N–H and O–H groups in total. The molecule has 1 heterocycles. The Morgan fingerprint density at radius 3 is 2.29 bits per heavy atom. The largest absolute Gasteiger partial charge is 0.369 e. The van der Waals surface area contributed by atoms with Crippen molar-refractivity contribution in [3.05, 3.63) is 16.1 Å². The van der Waals surface area contributed by atoms with E-state index in [-0.39, 0.29) is 0 Å². The van der Waals surface area contributed by atoms with Gasteiger partial charge in [0.1, 0.15) is 11.6 Å². The molecular weight excluding hydrogens is 305 g/mol. The van der Waals surface area contributed by atoms with Gasteiger partial charge in [0.15, 0.2) is 0 Å². The minimum Gasteiger partial charge on any atom is -0.369 e. The zero-order valence-corrected chi connectivity index (χ0v) is 14.4. The molecule has 21 heavy (non-hydrogen) atoms. The number of rotatable bonds is 7. The molecule has 1 aliphatic rings. The van der Waals surface area contributed by atoms with E-state index in [1.54, 1.807) is 6.07 Å². The third-order valence-corrected chi connectivity index (χ3v) is 5.09. The fraction of sp³-hybridized carbons (Fsp3) is 0.688. The molecule has 1 fully saturated rings. The van der Waals surface area contributed by atoms with Crippen LogP contribution < -0.4 is 10.6 Å². The van der Waals surface area contributed by atoms with Gasteiger partial charge in [0.25, 0.3) is 0 Å². The van der Waals surface area contributed by atoms with Crippen molar-refractivity contribution in [2.75, 3.05) is 23.7 Å². The molecule has 1 saturated carbocycles. The maximum atomic E-state index is 6.27. The smallest absolute Gasteiger partial charge is 0.147 e. The van der Waals surface area contributed by atoms with Gasteiger partial charge < -0.3 is 10.6 Å². The van der Waals surface area contributed by atoms with Crippen LogP contribution in [0.5, 0.6) is 0 Å². The molecule has 0 saturated heterocycles. The Kier molecular flexibility index (Phi) is 6.00. The van der Waals surface area contributed by atoms with Crippen LogP contribution in [-0.2, 0) is 0 Å². The molecule has 0 amide bonds. The van der Waals surface area contributed by atoms with E-state index in [1.807, 2.05) is 0 Å². The van der Waals surface area contributed by atoms with Crippen molar-refractivity contribution in [2.45, 2.75) is 52.4 Å². The van der Waals surface area contributed by atoms with Crippen LogP contribution in [0.4, 0.5) is 11.6 Å². The molecule has 0 bridgehead atoms. The summed E-state index contributed by atoms with van der Waals surface area (Å²) in [6, 6.07) is 1.77. The standard InChI is InChI=1S/C16H25Cl2N3/c1-3-9-19-14-12(17)10-13(18)15(21-14)20-11-16(4-2)7-5-6-8-16/h10H,3-9,11H2,1-2H3,(H2,19,20,21). The molecular formula is C16H25Cl2N3. The summed E-state index contributed by atoms with van der Waals surface area (Å²) in [6.45, 7) is 6.18. The lowest BCUT2D eigenvalue weighted by atomic mass is 9.83. The summed E-state index contributed by atoms with van der Waals surface area (Å²) in [5, 5.41) is 7.85. The Hall–Kier alpha value is -0.670. The molecule has 3 nitrogen and oxygen atoms in total. The highest BCUT2D eigenvalue weighted by atomic mass is 35.5. The molecule has 0 atom stereocenters. The topological polar surface area (TPSA) is 37.0 Å². The number of hydrogen-bond acceptors (Lipinski definition) is 3. The summed E-state index contributed by atoms with van der Waals surface area (Å²) >= 11 is 12.5. The Bertz CT molecular complexity index is 471. The van der Waals surface area contributed by atoms with Crippen LogP contribution in [-0.4, -0.2) is 18.1 Å². The van der Waals surface area contributed by atoms with Crippen LogP contribution >= 0.6 is 23.2 Å². The second kappa shape index (κ2) is 7.55. The van der Waals surface area contributed by atoms with Gasteiger partial charge in [-0.05, 0) is 37.2 Å². The molecule has 1 aromatic rings. The first-order valence-electron chi connectivity index (χ1n) is 7.94. The van der Waals surface area contributed by atoms with Crippen molar-refractivity contribution < 1.29 is 0 Å². The van der Waals surface area contributed by atoms with Crippen molar-refractivity contribution in [1.82, 2.24) is 4.98 Å². The third-order valence-electron chi connectivity index (χ3n) is 4.52. The molecule has 2 rings (SSSR count). The monoisotopic (exact) mass is 329 g/mol. The highest BCUT2D eigenvalue weighted by Crippen LogP contribution is 2.41. The number of pyridine rings is 1. The van der Waals surface area contributed by atoms with E-state index in [4.69, 9.17) is 23.2 Å². The average Bonchev–Trinajstić information content (AvgIpc) is 2.95. The number of nitrogens with zero attached hydrogens (tertiary/aromatic N) is 1. The minimum absolute atomic E-state index is 0.404. The lowest BCUT2D eigenvalue weighted by Gasteiger charge is -2.28. The van der Waals surface area contributed by atoms with Gasteiger partial charge in [0.2, 0.25) is 0 Å². The van der Waals surface area contributed by atoms with Crippen molar-refractivity contribution in [3.63, 3.8) is 0 Å². The van der Waals surface area contributed by atoms with Crippen molar-refractivity contribution in [1.29, 1.82) is 0 Å². The molecule has 0 spiro atoms. The van der Waals surface area contributed by atoms with Crippen molar-refractivity contribution >= 4 is 34.8 Å². The van der Waals surface area contributed by atoms with E-state index in [0.717, 1.165) is 25.3 Å². The third kappa shape index (κ3) is 4.17. The Labute approximate surface area is 137 Å². The zero-order valence-electron chi connectivity index (χ0n) is 12.9. The maximum absolute atomic E-state index is 6.27. The molecule has 0 aliphatic heterocycles. The fourth-order valence-corrected chi connectivity index (χ4v) is 3.50. The molecule has 1 aliphatic carbocycles. The van der Waals surface area contributed by atoms with E-state index in [1.165, 1.54) is 32.1 Å². The number of halogens is 2. The summed E-state index contributed by atoms with van der Waals surface area (Å²) < 4.78 is 0. The van der Waals surface area contributed by atoms with Crippen LogP contribution in [0.15, 0.2) is 6.07 Å². The summed E-state index contributed by atoms with van der Waals surface area (Å²) in [5.41, 5.74) is 0.404. The predicted octanol–water partition coefficient (Wildman–Crippen LogP) is 5.59. The maximum Gasteiger partial charge on any atom is 0.147 e. The first-order valence-corrected chi connectivity index (χ1v) is 8.69. The van der Waals surface area contributed by atoms with Crippen LogP contribution in [0.25, 0.3) is 0 Å². The first-order chi connectivity index (χ1) is 10.1. The molecule has 1 aromatic heterocycles. The molecule has 0 unspecified atom stereocenters. The Morgan fingerprint density at radius 2 is 1.71 bits per heavy atom. The van der Waals surface area contributed by atoms with E-state index in [0.29, 0.717) is 21.3 Å². The first kappa shape index (κ1) is 16.7. The van der Waals surface area contributed by atoms with E-state index < -0.39 is 0 Å². The van der Waals surface area contributed by atoms with Crippen LogP contribution in [0.2, 0.25) is 10.0 Å². The number of anilines is 2. The minimum atomic E-state index is 0.404. The van der Waals surface area contributed by atoms with Crippen molar-refractivity contribution in [3.8, 4) is 0 Å². The molecule has 118 valence electrons. The number of nitrogens with one attached hydrogen (secondary N) is 2. The van der Waals surface area contributed by atoms with Gasteiger partial charge in [0.05, 0.1) is 10.0 Å². The van der Waals surface area contributed by atoms with E-state index >= 15 is 0 Å². The van der Waals surface area contributed by atoms with E-state index in [2.05, 4.69) is 29.5 Å². The van der Waals surface area contributed by atoms with Crippen molar-refractivity contribution in [2.24, 2.45) is 5.41 Å². The molecule has 0 radical (unpaired) electrons. The lowest BCUT2D eigenvalue weighted by Crippen LogP contribution is -2.26. The zero-order chi connectivity index (χ0) is 15.3. The van der Waals surface area contributed by atoms with Gasteiger partial charge in [-0.2, -0.15) is 0 Å². The number of hydrogen-bond donors (Lipinski definition) is 2. The Balaban J connectivity index is 2.08. The summed E-state index contributed by atoms with van der Waals surface area (Å²) in [4.78, 5) is 4.55. The van der Waals surface area contributed by atoms with Crippen LogP contribution in [0.1, 0.15) is 52.4 Å². The van der Waals surface area contributed by atoms with E-state index in [9.17, 15) is 0 Å². The fourth-order valence-electron chi connectivity index (χ4n) is 3.01. The second-order valence-corrected chi connectivity index (χ2v) is 6.80. The summed E-state index contributed by atoms with van der Waals surface area (Å²) in [6.07, 6.45) is 7.49. The quantitative estimate of drug-likeness (QED) is 0.684. The van der Waals surface area contributed by atoms with Gasteiger partial charge in [-0.1, -0.05) is 49.9 Å². The average molecular weight is 330 g/mol. The lowest BCUT2D eigenvalue weighted by molar-refractivity contribution is 0.306. The molecule has 5 heteroatoms. The van der Waals surface area contributed by atoms with Gasteiger partial charge in [0, 0.05) is 13.1 Å². The van der Waals surface area contributed by atoms with Gasteiger partial charge >= 0.3 is 0 Å². The van der Waals surface area contributed by atoms with Crippen LogP contribution in [0.3, 0.4) is 0 Å². The molecule has 0 aromatic carbocycles. The van der Waals surface area contributed by atoms with Gasteiger partial charge in [-0.3, -0.25) is 0 Å². The predicted molar refractivity (Wildman–Crippen MR) is 92.7 cm³/mol. The Morgan fingerprint density at radius 1 is 1.10 bits per heavy atom. The van der Waals surface area contributed by atoms with Gasteiger partial charge in [-0.25, -0.2) is 4.98 Å². The van der Waals surface area contributed by atoms with Crippen LogP contribution in [0, 0.1) is 5.41 Å². The summed E-state index contributed by atoms with van der Waals surface area (Å²) in [7, 11) is 0. The SMILES string of the molecule is CCCNc1nc(NCC2(CC)CCCC2)c(Cl)cc1Cl. The number of aromatic nitrogens is 1. The highest BCUT2D eigenvalue weighted by molar-refractivity contribution is 6.37. The summed E-state index contributed by atoms with van der Waals surface area (Å²) in [5.74, 6) is 1.45.